The molecule has 12 heteroatoms. The van der Waals surface area contributed by atoms with Crippen molar-refractivity contribution < 1.29 is 37.3 Å². The second-order valence-corrected chi connectivity index (χ2v) is 11.8. The Morgan fingerprint density at radius 3 is 2.21 bits per heavy atom. The van der Waals surface area contributed by atoms with Gasteiger partial charge in [0.1, 0.15) is 0 Å². The number of aliphatic hydroxyl groups is 2. The summed E-state index contributed by atoms with van der Waals surface area (Å²) in [5.41, 5.74) is 5.53. The fraction of sp³-hybridized carbons (Fsp3) is 0.692. The Kier molecular flexibility index (Phi) is 10.7. The van der Waals surface area contributed by atoms with Gasteiger partial charge in [0.05, 0.1) is 6.61 Å². The summed E-state index contributed by atoms with van der Waals surface area (Å²) in [6.45, 7) is 0.692. The van der Waals surface area contributed by atoms with Gasteiger partial charge in [0.25, 0.3) is 5.91 Å². The summed E-state index contributed by atoms with van der Waals surface area (Å²) in [6.07, 6.45) is 10.3. The van der Waals surface area contributed by atoms with Crippen LogP contribution in [0, 0.1) is 5.92 Å². The van der Waals surface area contributed by atoms with Crippen molar-refractivity contribution in [2.75, 3.05) is 19.7 Å². The second-order valence-electron chi connectivity index (χ2n) is 10.9. The maximum atomic E-state index is 12.7. The van der Waals surface area contributed by atoms with Crippen LogP contribution in [0.3, 0.4) is 0 Å². The van der Waals surface area contributed by atoms with E-state index >= 15 is 0 Å². The van der Waals surface area contributed by atoms with Crippen LogP contribution >= 0.6 is 0 Å². The highest BCUT2D eigenvalue weighted by Crippen LogP contribution is 2.43. The zero-order valence-electron chi connectivity index (χ0n) is 21.7. The molecule has 7 N–H and O–H groups in total. The second kappa shape index (κ2) is 13.3. The van der Waals surface area contributed by atoms with E-state index < -0.39 is 28.5 Å². The summed E-state index contributed by atoms with van der Waals surface area (Å²) in [4.78, 5) is 26.8. The molecule has 3 fully saturated rings. The predicted octanol–water partition coefficient (Wildman–Crippen LogP) is 1.65. The smallest absolute Gasteiger partial charge is 0.393 e. The molecule has 38 heavy (non-hydrogen) atoms. The highest BCUT2D eigenvalue weighted by atomic mass is 32.3. The maximum Gasteiger partial charge on any atom is 0.394 e. The Morgan fingerprint density at radius 1 is 1.05 bits per heavy atom. The number of amides is 2. The largest absolute Gasteiger partial charge is 0.394 e. The number of fused-ring (bicyclic) bond motifs is 2. The van der Waals surface area contributed by atoms with Gasteiger partial charge in [-0.2, -0.15) is 8.42 Å². The van der Waals surface area contributed by atoms with Gasteiger partial charge in [-0.05, 0) is 61.6 Å². The minimum absolute atomic E-state index is 0.310. The fourth-order valence-electron chi connectivity index (χ4n) is 6.42. The van der Waals surface area contributed by atoms with Gasteiger partial charge >= 0.3 is 10.4 Å². The highest BCUT2D eigenvalue weighted by molar-refractivity contribution is 7.79. The Labute approximate surface area is 224 Å². The Hall–Kier alpha value is -2.09. The summed E-state index contributed by atoms with van der Waals surface area (Å²) in [5.74, 6) is -0.104. The van der Waals surface area contributed by atoms with Crippen molar-refractivity contribution in [1.29, 1.82) is 0 Å². The standard InChI is InChI=1S/C26H39N3O4.H2O4S/c27-24(31)20-8-4-7-19(13-20)21-14-22-9-10-23(15-21)29(22)12-11-28-25(32)26(33,17-30)16-18-5-2-1-3-6-18;1-5(2,3)4/h4,7-8,13,18,21-23,30,33H,1-3,5-6,9-12,14-17H2,(H2,27,31)(H,28,32);(H2,1,2,3,4)/t21?,22?,23?,26-;/m0./s1. The van der Waals surface area contributed by atoms with Gasteiger partial charge in [0.15, 0.2) is 5.60 Å². The summed E-state index contributed by atoms with van der Waals surface area (Å²) in [6, 6.07) is 8.62. The third-order valence-corrected chi connectivity index (χ3v) is 8.22. The molecule has 3 aliphatic rings. The van der Waals surface area contributed by atoms with E-state index in [2.05, 4.69) is 16.3 Å². The molecule has 214 valence electrons. The predicted molar refractivity (Wildman–Crippen MR) is 141 cm³/mol. The molecular formula is C26H41N3O8S. The molecule has 1 aliphatic carbocycles. The van der Waals surface area contributed by atoms with E-state index in [0.29, 0.717) is 42.4 Å². The van der Waals surface area contributed by atoms with E-state index in [4.69, 9.17) is 23.3 Å². The van der Waals surface area contributed by atoms with Crippen LogP contribution in [0.15, 0.2) is 24.3 Å². The van der Waals surface area contributed by atoms with Crippen LogP contribution in [0.1, 0.15) is 86.0 Å². The first-order valence-electron chi connectivity index (χ1n) is 13.4. The molecular weight excluding hydrogens is 514 g/mol. The lowest BCUT2D eigenvalue weighted by atomic mass is 9.80. The molecule has 2 aliphatic heterocycles. The number of piperidine rings is 1. The van der Waals surface area contributed by atoms with E-state index in [0.717, 1.165) is 57.9 Å². The minimum Gasteiger partial charge on any atom is -0.393 e. The van der Waals surface area contributed by atoms with Crippen LogP contribution in [0.4, 0.5) is 0 Å². The zero-order chi connectivity index (χ0) is 27.9. The average Bonchev–Trinajstić information content (AvgIpc) is 3.09. The molecule has 2 bridgehead atoms. The molecule has 2 unspecified atom stereocenters. The molecule has 2 heterocycles. The van der Waals surface area contributed by atoms with Gasteiger partial charge in [0, 0.05) is 30.7 Å². The number of carbonyl (C=O) groups excluding carboxylic acids is 2. The molecule has 1 saturated carbocycles. The zero-order valence-corrected chi connectivity index (χ0v) is 22.5. The van der Waals surface area contributed by atoms with Crippen molar-refractivity contribution in [1.82, 2.24) is 10.2 Å². The lowest BCUT2D eigenvalue weighted by molar-refractivity contribution is -0.146. The van der Waals surface area contributed by atoms with E-state index in [1.807, 2.05) is 12.1 Å². The van der Waals surface area contributed by atoms with Crippen LogP contribution in [-0.2, 0) is 15.2 Å². The topological polar surface area (TPSA) is 190 Å². The molecule has 2 amide bonds. The lowest BCUT2D eigenvalue weighted by Gasteiger charge is -2.39. The number of aliphatic hydroxyl groups excluding tert-OH is 1. The number of carbonyl (C=O) groups is 2. The minimum atomic E-state index is -4.67. The highest BCUT2D eigenvalue weighted by Gasteiger charge is 2.42. The van der Waals surface area contributed by atoms with Crippen molar-refractivity contribution in [3.8, 4) is 0 Å². The van der Waals surface area contributed by atoms with Gasteiger partial charge in [0.2, 0.25) is 5.91 Å². The van der Waals surface area contributed by atoms with Crippen LogP contribution in [-0.4, -0.2) is 81.8 Å². The van der Waals surface area contributed by atoms with Gasteiger partial charge in [-0.15, -0.1) is 0 Å². The van der Waals surface area contributed by atoms with E-state index in [-0.39, 0.29) is 5.91 Å². The van der Waals surface area contributed by atoms with Gasteiger partial charge in [-0.1, -0.05) is 44.2 Å². The number of hydrogen-bond acceptors (Lipinski definition) is 7. The Morgan fingerprint density at radius 2 is 1.66 bits per heavy atom. The van der Waals surface area contributed by atoms with Crippen LogP contribution in [0.2, 0.25) is 0 Å². The molecule has 0 radical (unpaired) electrons. The number of nitrogens with two attached hydrogens (primary N) is 1. The molecule has 11 nitrogen and oxygen atoms in total. The number of hydrogen-bond donors (Lipinski definition) is 6. The maximum absolute atomic E-state index is 12.7. The van der Waals surface area contributed by atoms with E-state index in [9.17, 15) is 19.8 Å². The first-order valence-corrected chi connectivity index (χ1v) is 14.8. The molecule has 0 spiro atoms. The lowest BCUT2D eigenvalue weighted by Crippen LogP contribution is -2.53. The third-order valence-electron chi connectivity index (χ3n) is 8.22. The van der Waals surface area contributed by atoms with Gasteiger partial charge in [-0.3, -0.25) is 23.6 Å². The Balaban J connectivity index is 0.000000732. The van der Waals surface area contributed by atoms with Crippen molar-refractivity contribution >= 4 is 22.2 Å². The SMILES string of the molecule is NC(=O)c1cccc(C2CC3CCC(C2)N3CCNC(=O)[C@@](O)(CO)CC2CCCCC2)c1.O=S(=O)(O)O. The summed E-state index contributed by atoms with van der Waals surface area (Å²) < 4.78 is 31.6. The van der Waals surface area contributed by atoms with Crippen LogP contribution in [0.25, 0.3) is 0 Å². The fourth-order valence-corrected chi connectivity index (χ4v) is 6.42. The quantitative estimate of drug-likeness (QED) is 0.246. The molecule has 2 saturated heterocycles. The van der Waals surface area contributed by atoms with Gasteiger partial charge in [-0.25, -0.2) is 0 Å². The van der Waals surface area contributed by atoms with E-state index in [1.54, 1.807) is 6.07 Å². The summed E-state index contributed by atoms with van der Waals surface area (Å²) in [7, 11) is -4.67. The van der Waals surface area contributed by atoms with Crippen molar-refractivity contribution in [2.45, 2.75) is 87.8 Å². The molecule has 3 atom stereocenters. The van der Waals surface area contributed by atoms with Crippen molar-refractivity contribution in [2.24, 2.45) is 11.7 Å². The normalized spacial score (nSPS) is 25.6. The first-order chi connectivity index (χ1) is 17.9. The first kappa shape index (κ1) is 30.5. The molecule has 0 aromatic heterocycles. The summed E-state index contributed by atoms with van der Waals surface area (Å²) >= 11 is 0. The number of benzene rings is 1. The van der Waals surface area contributed by atoms with Crippen molar-refractivity contribution in [3.05, 3.63) is 35.4 Å². The molecule has 4 rings (SSSR count). The van der Waals surface area contributed by atoms with E-state index in [1.165, 1.54) is 12.0 Å². The molecule has 1 aromatic rings. The van der Waals surface area contributed by atoms with Gasteiger partial charge < -0.3 is 21.3 Å². The van der Waals surface area contributed by atoms with Crippen LogP contribution in [0.5, 0.6) is 0 Å². The average molecular weight is 556 g/mol. The summed E-state index contributed by atoms with van der Waals surface area (Å²) in [5, 5.41) is 23.5. The number of nitrogens with zero attached hydrogens (tertiary/aromatic N) is 1. The molecule has 1 aromatic carbocycles. The Bertz CT molecular complexity index is 1040. The monoisotopic (exact) mass is 555 g/mol. The number of rotatable bonds is 9. The van der Waals surface area contributed by atoms with Crippen molar-refractivity contribution in [3.63, 3.8) is 0 Å². The number of nitrogens with one attached hydrogen (secondary N) is 1. The third kappa shape index (κ3) is 8.72. The number of primary amides is 1. The van der Waals surface area contributed by atoms with Crippen LogP contribution < -0.4 is 11.1 Å².